The smallest absolute Gasteiger partial charge is 1.00 e. The van der Waals surface area contributed by atoms with Crippen molar-refractivity contribution in [3.05, 3.63) is 0 Å². The Morgan fingerprint density at radius 1 is 1.50 bits per heavy atom. The molecular weight excluding hydrogens is 85.4 g/mol. The first-order valence-electron chi connectivity index (χ1n) is 0.169. The molecule has 1 N–H and O–H groups in total. The summed E-state index contributed by atoms with van der Waals surface area (Å²) < 4.78 is 6.47. The third-order valence-electron chi connectivity index (χ3n) is 0. The van der Waals surface area contributed by atoms with Crippen LogP contribution in [0.2, 0.25) is 0 Å². The average molecular weight is 90.4 g/mol. The third-order valence-corrected chi connectivity index (χ3v) is 0. The van der Waals surface area contributed by atoms with Gasteiger partial charge in [0.2, 0.25) is 0 Å². The number of rotatable bonds is 0. The molecule has 0 saturated heterocycles. The summed E-state index contributed by atoms with van der Waals surface area (Å²) in [6, 6.07) is 0. The predicted octanol–water partition coefficient (Wildman–Crippen LogP) is -3.93. The van der Waals surface area contributed by atoms with Crippen molar-refractivity contribution in [1.82, 2.24) is 0 Å². The van der Waals surface area contributed by atoms with Crippen LogP contribution >= 0.6 is 11.9 Å². The normalized spacial score (nSPS) is 1.50. The van der Waals surface area contributed by atoms with Crippen LogP contribution < -0.4 is 18.9 Å². The van der Waals surface area contributed by atoms with Gasteiger partial charge < -0.3 is 1.43 Å². The maximum absolute atomic E-state index is 6.47. The molecule has 0 radical (unpaired) electrons. The van der Waals surface area contributed by atoms with Gasteiger partial charge in [-0.1, -0.05) is 0 Å². The quantitative estimate of drug-likeness (QED) is 0.301. The summed E-state index contributed by atoms with van der Waals surface area (Å²) in [7, 11) is 0. The first-order valence-corrected chi connectivity index (χ1v) is 0.507. The van der Waals surface area contributed by atoms with Gasteiger partial charge in [-0.2, -0.15) is 0 Å². The molecule has 0 atom stereocenters. The van der Waals surface area contributed by atoms with E-state index in [-0.39, 0.29) is 37.6 Å². The van der Waals surface area contributed by atoms with E-state index in [1.165, 1.54) is 0 Å². The van der Waals surface area contributed by atoms with Crippen molar-refractivity contribution in [1.29, 1.82) is 0 Å². The average Bonchev–Trinajstić information content (AvgIpc) is 1.00. The molecule has 0 unspecified atom stereocenters. The number of hydrogen-bond acceptors (Lipinski definition) is 1. The van der Waals surface area contributed by atoms with Crippen LogP contribution in [0.3, 0.4) is 0 Å². The summed E-state index contributed by atoms with van der Waals surface area (Å²) in [5, 5.41) is 0. The van der Waals surface area contributed by atoms with Crippen LogP contribution in [-0.4, -0.2) is 22.0 Å². The second-order valence-electron chi connectivity index (χ2n) is 0. The molecule has 0 aromatic heterocycles. The molecule has 0 aliphatic rings. The maximum Gasteiger partial charge on any atom is 1.00 e. The fourth-order valence-corrected chi connectivity index (χ4v) is 0. The Morgan fingerprint density at radius 2 is 1.50 bits per heavy atom. The fourth-order valence-electron chi connectivity index (χ4n) is 0. The summed E-state index contributed by atoms with van der Waals surface area (Å²) in [6.07, 6.45) is 0. The summed E-state index contributed by atoms with van der Waals surface area (Å²) in [5.41, 5.74) is 0. The van der Waals surface area contributed by atoms with Crippen molar-refractivity contribution in [3.8, 4) is 0 Å². The Hall–Kier alpha value is 1.38. The van der Waals surface area contributed by atoms with E-state index >= 15 is 0 Å². The minimum atomic E-state index is 0. The van der Waals surface area contributed by atoms with Gasteiger partial charge in [0.05, 0.1) is 11.9 Å². The van der Waals surface area contributed by atoms with Crippen molar-refractivity contribution in [3.63, 3.8) is 0 Å². The summed E-state index contributed by atoms with van der Waals surface area (Å²) in [6.45, 7) is 0. The Kier molecular flexibility index (Phi) is 120. The molecular formula is H5AlClLiO. The summed E-state index contributed by atoms with van der Waals surface area (Å²) >= 11 is 3.64. The van der Waals surface area contributed by atoms with Gasteiger partial charge in [0.1, 0.15) is 0 Å². The molecule has 0 fully saturated rings. The first-order chi connectivity index (χ1) is 1.00. The van der Waals surface area contributed by atoms with E-state index in [0.717, 1.165) is 0 Å². The number of hydrogen-bond donors (Lipinski definition) is 1. The Balaban J connectivity index is -0.00000000167. The van der Waals surface area contributed by atoms with E-state index in [0.29, 0.717) is 0 Å². The van der Waals surface area contributed by atoms with Gasteiger partial charge >= 0.3 is 18.9 Å². The maximum atomic E-state index is 6.47. The molecule has 0 aromatic rings. The van der Waals surface area contributed by atoms with Crippen LogP contribution in [0.1, 0.15) is 1.43 Å². The minimum absolute atomic E-state index is 0. The third kappa shape index (κ3) is 10.1. The molecule has 0 rings (SSSR count). The van der Waals surface area contributed by atoms with Gasteiger partial charge in [0.15, 0.2) is 17.4 Å². The molecule has 1 nitrogen and oxygen atoms in total. The van der Waals surface area contributed by atoms with Crippen molar-refractivity contribution < 1.29 is 24.9 Å². The monoisotopic (exact) mass is 90.0 g/mol. The van der Waals surface area contributed by atoms with Crippen molar-refractivity contribution in [2.24, 2.45) is 0 Å². The fraction of sp³-hybridized carbons (Fsp3) is 0. The molecule has 0 aromatic carbocycles. The van der Waals surface area contributed by atoms with E-state index in [1.54, 1.807) is 0 Å². The molecule has 0 aliphatic heterocycles. The molecule has 4 heteroatoms. The second-order valence-corrected chi connectivity index (χ2v) is 0. The molecule has 0 heterocycles. The molecule has 0 bridgehead atoms. The molecule has 4 heavy (non-hydrogen) atoms. The van der Waals surface area contributed by atoms with Crippen LogP contribution in [0, 0.1) is 0 Å². The molecule has 22 valence electrons. The van der Waals surface area contributed by atoms with Crippen molar-refractivity contribution in [2.45, 2.75) is 0 Å². The summed E-state index contributed by atoms with van der Waals surface area (Å²) in [4.78, 5) is 0. The SMILES string of the molecule is OCl.[AlH3].[H-].[Li+]. The Morgan fingerprint density at radius 3 is 1.50 bits per heavy atom. The largest absolute Gasteiger partial charge is 1.00 e. The Bertz CT molecular complexity index is 11.6. The Labute approximate surface area is 54.3 Å². The van der Waals surface area contributed by atoms with Gasteiger partial charge in [-0.15, -0.1) is 0 Å². The topological polar surface area (TPSA) is 20.2 Å². The van der Waals surface area contributed by atoms with E-state index in [4.69, 9.17) is 4.66 Å². The first kappa shape index (κ1) is 18.2. The zero-order chi connectivity index (χ0) is 2.00. The predicted molar refractivity (Wildman–Crippen MR) is 19.1 cm³/mol. The molecule has 0 spiro atoms. The van der Waals surface area contributed by atoms with Crippen LogP contribution in [0.4, 0.5) is 0 Å². The van der Waals surface area contributed by atoms with E-state index < -0.39 is 0 Å². The molecule has 0 amide bonds. The molecule has 0 saturated carbocycles. The van der Waals surface area contributed by atoms with Crippen LogP contribution in [0.25, 0.3) is 0 Å². The van der Waals surface area contributed by atoms with E-state index in [1.807, 2.05) is 0 Å². The second kappa shape index (κ2) is 26.3. The van der Waals surface area contributed by atoms with Gasteiger partial charge in [-0.05, 0) is 0 Å². The number of halogens is 1. The minimum Gasteiger partial charge on any atom is -1.00 e. The van der Waals surface area contributed by atoms with Crippen LogP contribution in [-0.2, 0) is 0 Å². The van der Waals surface area contributed by atoms with E-state index in [2.05, 4.69) is 11.9 Å². The van der Waals surface area contributed by atoms with Gasteiger partial charge in [0, 0.05) is 0 Å². The van der Waals surface area contributed by atoms with Crippen molar-refractivity contribution in [2.75, 3.05) is 0 Å². The van der Waals surface area contributed by atoms with Gasteiger partial charge in [0.25, 0.3) is 0 Å². The van der Waals surface area contributed by atoms with Gasteiger partial charge in [-0.25, -0.2) is 0 Å². The molecule has 0 aliphatic carbocycles. The zero-order valence-electron chi connectivity index (χ0n) is 2.83. The zero-order valence-corrected chi connectivity index (χ0v) is 2.58. The van der Waals surface area contributed by atoms with Crippen LogP contribution in [0.15, 0.2) is 0 Å². The van der Waals surface area contributed by atoms with Crippen molar-refractivity contribution >= 4 is 29.2 Å². The van der Waals surface area contributed by atoms with Crippen LogP contribution in [0.5, 0.6) is 0 Å². The standard InChI is InChI=1S/Al.ClHO.Li.4H/c;1-2;;;;;/h;2H;;;;;/q;;+1;;;;-1. The van der Waals surface area contributed by atoms with Gasteiger partial charge in [-0.3, -0.25) is 4.66 Å². The van der Waals surface area contributed by atoms with E-state index in [9.17, 15) is 0 Å². The summed E-state index contributed by atoms with van der Waals surface area (Å²) in [5.74, 6) is 0.